The van der Waals surface area contributed by atoms with Gasteiger partial charge in [0.25, 0.3) is 0 Å². The van der Waals surface area contributed by atoms with Crippen LogP contribution in [-0.4, -0.2) is 42.9 Å². The van der Waals surface area contributed by atoms with Crippen LogP contribution in [0.25, 0.3) is 0 Å². The van der Waals surface area contributed by atoms with Crippen molar-refractivity contribution in [3.05, 3.63) is 0 Å². The predicted molar refractivity (Wildman–Crippen MR) is 42.5 cm³/mol. The van der Waals surface area contributed by atoms with Crippen LogP contribution in [0.4, 0.5) is 0 Å². The van der Waals surface area contributed by atoms with Gasteiger partial charge in [-0.2, -0.15) is 0 Å². The first kappa shape index (κ1) is 10.0. The molecule has 0 rings (SSSR count). The summed E-state index contributed by atoms with van der Waals surface area (Å²) in [6.07, 6.45) is 0. The lowest BCUT2D eigenvalue weighted by Crippen LogP contribution is -2.39. The normalized spacial score (nSPS) is 11.6. The molecule has 0 aliphatic carbocycles. The van der Waals surface area contributed by atoms with E-state index < -0.39 is 0 Å². The lowest BCUT2D eigenvalue weighted by atomic mass is 10.5. The Morgan fingerprint density at radius 2 is 2.36 bits per heavy atom. The number of methoxy groups -OCH3 is 1. The van der Waals surface area contributed by atoms with Gasteiger partial charge in [0.1, 0.15) is 0 Å². The largest absolute Gasteiger partial charge is 0.408 e. The summed E-state index contributed by atoms with van der Waals surface area (Å²) < 4.78 is 4.83. The molecule has 0 spiro atoms. The van der Waals surface area contributed by atoms with Gasteiger partial charge >= 0.3 is 0 Å². The SMILES string of the molecule is CCN(CCOC)C(N)=NO. The molecule has 5 nitrogen and oxygen atoms in total. The lowest BCUT2D eigenvalue weighted by molar-refractivity contribution is 0.175. The first-order valence-electron chi connectivity index (χ1n) is 3.47. The van der Waals surface area contributed by atoms with Gasteiger partial charge in [0.2, 0.25) is 5.96 Å². The van der Waals surface area contributed by atoms with Crippen LogP contribution >= 0.6 is 0 Å². The molecule has 66 valence electrons. The van der Waals surface area contributed by atoms with E-state index in [4.69, 9.17) is 15.7 Å². The Labute approximate surface area is 66.4 Å². The van der Waals surface area contributed by atoms with E-state index in [0.717, 1.165) is 0 Å². The molecular weight excluding hydrogens is 146 g/mol. The van der Waals surface area contributed by atoms with E-state index >= 15 is 0 Å². The number of guanidine groups is 1. The highest BCUT2D eigenvalue weighted by Crippen LogP contribution is 1.86. The zero-order chi connectivity index (χ0) is 8.69. The first-order valence-corrected chi connectivity index (χ1v) is 3.47. The maximum Gasteiger partial charge on any atom is 0.233 e. The van der Waals surface area contributed by atoms with E-state index in [0.29, 0.717) is 19.7 Å². The Balaban J connectivity index is 3.75. The van der Waals surface area contributed by atoms with Gasteiger partial charge in [-0.05, 0) is 6.92 Å². The number of nitrogens with zero attached hydrogens (tertiary/aromatic N) is 2. The van der Waals surface area contributed by atoms with E-state index in [1.54, 1.807) is 12.0 Å². The van der Waals surface area contributed by atoms with Crippen molar-refractivity contribution in [1.29, 1.82) is 0 Å². The minimum absolute atomic E-state index is 0.129. The molecule has 0 radical (unpaired) electrons. The van der Waals surface area contributed by atoms with Crippen molar-refractivity contribution in [2.24, 2.45) is 10.9 Å². The Bertz CT molecular complexity index is 127. The Morgan fingerprint density at radius 1 is 1.73 bits per heavy atom. The third-order valence-corrected chi connectivity index (χ3v) is 1.37. The summed E-state index contributed by atoms with van der Waals surface area (Å²) in [6, 6.07) is 0. The highest BCUT2D eigenvalue weighted by atomic mass is 16.5. The number of oxime groups is 1. The van der Waals surface area contributed by atoms with Gasteiger partial charge in [-0.1, -0.05) is 5.16 Å². The fraction of sp³-hybridized carbons (Fsp3) is 0.833. The monoisotopic (exact) mass is 161 g/mol. The second-order valence-corrected chi connectivity index (χ2v) is 2.03. The molecule has 0 atom stereocenters. The molecular formula is C6H15N3O2. The van der Waals surface area contributed by atoms with Gasteiger partial charge < -0.3 is 20.6 Å². The van der Waals surface area contributed by atoms with Crippen molar-refractivity contribution in [3.8, 4) is 0 Å². The number of rotatable bonds is 4. The Kier molecular flexibility index (Phi) is 5.28. The maximum atomic E-state index is 8.32. The van der Waals surface area contributed by atoms with Crippen LogP contribution in [0.15, 0.2) is 5.16 Å². The van der Waals surface area contributed by atoms with Gasteiger partial charge in [-0.25, -0.2) is 0 Å². The molecule has 0 saturated carbocycles. The fourth-order valence-electron chi connectivity index (χ4n) is 0.699. The molecule has 0 fully saturated rings. The summed E-state index contributed by atoms with van der Waals surface area (Å²) in [6.45, 7) is 3.85. The van der Waals surface area contributed by atoms with E-state index in [1.807, 2.05) is 6.92 Å². The topological polar surface area (TPSA) is 71.1 Å². The second-order valence-electron chi connectivity index (χ2n) is 2.03. The van der Waals surface area contributed by atoms with Crippen molar-refractivity contribution in [2.45, 2.75) is 6.92 Å². The third-order valence-electron chi connectivity index (χ3n) is 1.37. The van der Waals surface area contributed by atoms with Crippen molar-refractivity contribution < 1.29 is 9.94 Å². The number of hydrogen-bond donors (Lipinski definition) is 2. The van der Waals surface area contributed by atoms with Crippen molar-refractivity contribution >= 4 is 5.96 Å². The van der Waals surface area contributed by atoms with Gasteiger partial charge in [-0.3, -0.25) is 0 Å². The fourth-order valence-corrected chi connectivity index (χ4v) is 0.699. The van der Waals surface area contributed by atoms with Crippen LogP contribution in [0.1, 0.15) is 6.92 Å². The molecule has 0 aliphatic rings. The standard InChI is InChI=1S/C6H15N3O2/c1-3-9(4-5-11-2)6(7)8-10/h10H,3-5H2,1-2H3,(H2,7,8). The summed E-state index contributed by atoms with van der Waals surface area (Å²) in [5.41, 5.74) is 5.34. The molecule has 0 aromatic heterocycles. The molecule has 0 unspecified atom stereocenters. The summed E-state index contributed by atoms with van der Waals surface area (Å²) in [5, 5.41) is 11.2. The predicted octanol–water partition coefficient (Wildman–Crippen LogP) is -0.341. The summed E-state index contributed by atoms with van der Waals surface area (Å²) in [4.78, 5) is 1.71. The smallest absolute Gasteiger partial charge is 0.233 e. The van der Waals surface area contributed by atoms with Crippen LogP contribution in [0.3, 0.4) is 0 Å². The number of likely N-dealkylation sites (N-methyl/N-ethyl adjacent to an activating group) is 1. The third kappa shape index (κ3) is 3.67. The van der Waals surface area contributed by atoms with Crippen LogP contribution in [0.2, 0.25) is 0 Å². The van der Waals surface area contributed by atoms with E-state index in [-0.39, 0.29) is 5.96 Å². The average Bonchev–Trinajstić information content (AvgIpc) is 2.05. The van der Waals surface area contributed by atoms with Crippen molar-refractivity contribution in [3.63, 3.8) is 0 Å². The molecule has 0 bridgehead atoms. The van der Waals surface area contributed by atoms with Gasteiger partial charge in [0.15, 0.2) is 0 Å². The molecule has 0 aliphatic heterocycles. The van der Waals surface area contributed by atoms with E-state index in [2.05, 4.69) is 5.16 Å². The minimum Gasteiger partial charge on any atom is -0.408 e. The summed E-state index contributed by atoms with van der Waals surface area (Å²) in [5.74, 6) is 0.129. The Hall–Kier alpha value is -0.970. The van der Waals surface area contributed by atoms with Crippen molar-refractivity contribution in [2.75, 3.05) is 26.8 Å². The summed E-state index contributed by atoms with van der Waals surface area (Å²) in [7, 11) is 1.61. The van der Waals surface area contributed by atoms with Crippen LogP contribution in [-0.2, 0) is 4.74 Å². The number of nitrogens with two attached hydrogens (primary N) is 1. The van der Waals surface area contributed by atoms with E-state index in [9.17, 15) is 0 Å². The number of hydrogen-bond acceptors (Lipinski definition) is 3. The summed E-state index contributed by atoms with van der Waals surface area (Å²) >= 11 is 0. The average molecular weight is 161 g/mol. The molecule has 0 aromatic carbocycles. The molecule has 3 N–H and O–H groups in total. The molecule has 5 heteroatoms. The molecule has 0 amide bonds. The highest BCUT2D eigenvalue weighted by Gasteiger charge is 2.03. The maximum absolute atomic E-state index is 8.32. The first-order chi connectivity index (χ1) is 5.26. The number of ether oxygens (including phenoxy) is 1. The zero-order valence-electron chi connectivity index (χ0n) is 6.95. The Morgan fingerprint density at radius 3 is 2.73 bits per heavy atom. The van der Waals surface area contributed by atoms with Gasteiger partial charge in [0.05, 0.1) is 6.61 Å². The van der Waals surface area contributed by atoms with Gasteiger partial charge in [0, 0.05) is 20.2 Å². The minimum atomic E-state index is 0.129. The molecule has 0 aromatic rings. The zero-order valence-corrected chi connectivity index (χ0v) is 6.95. The van der Waals surface area contributed by atoms with Crippen LogP contribution in [0, 0.1) is 0 Å². The van der Waals surface area contributed by atoms with Crippen LogP contribution in [0.5, 0.6) is 0 Å². The second kappa shape index (κ2) is 5.79. The van der Waals surface area contributed by atoms with E-state index in [1.165, 1.54) is 0 Å². The lowest BCUT2D eigenvalue weighted by Gasteiger charge is -2.19. The highest BCUT2D eigenvalue weighted by molar-refractivity contribution is 5.77. The molecule has 0 saturated heterocycles. The molecule has 11 heavy (non-hydrogen) atoms. The quantitative estimate of drug-likeness (QED) is 0.256. The molecule has 0 heterocycles. The van der Waals surface area contributed by atoms with Crippen LogP contribution < -0.4 is 5.73 Å². The van der Waals surface area contributed by atoms with Gasteiger partial charge in [-0.15, -0.1) is 0 Å². The van der Waals surface area contributed by atoms with Crippen molar-refractivity contribution in [1.82, 2.24) is 4.90 Å².